The fourth-order valence-corrected chi connectivity index (χ4v) is 4.58. The first kappa shape index (κ1) is 39.7. The van der Waals surface area contributed by atoms with Crippen molar-refractivity contribution in [1.29, 1.82) is 0 Å². The number of primary amides is 1. The number of amides is 6. The van der Waals surface area contributed by atoms with Crippen LogP contribution < -0.4 is 38.1 Å². The summed E-state index contributed by atoms with van der Waals surface area (Å²) in [5, 5.41) is 31.2. The van der Waals surface area contributed by atoms with E-state index in [2.05, 4.69) is 26.6 Å². The molecule has 0 unspecified atom stereocenters. The van der Waals surface area contributed by atoms with Crippen LogP contribution in [-0.4, -0.2) is 88.9 Å². The third-order valence-corrected chi connectivity index (χ3v) is 7.62. The van der Waals surface area contributed by atoms with Gasteiger partial charge in [0.25, 0.3) is 0 Å². The summed E-state index contributed by atoms with van der Waals surface area (Å²) in [5.74, 6) is -6.05. The second-order valence-electron chi connectivity index (χ2n) is 11.6. The minimum absolute atomic E-state index is 0.0204. The summed E-state index contributed by atoms with van der Waals surface area (Å²) < 4.78 is 0. The van der Waals surface area contributed by atoms with Crippen molar-refractivity contribution in [2.45, 2.75) is 70.1 Å². The first-order valence-electron chi connectivity index (χ1n) is 15.7. The van der Waals surface area contributed by atoms with E-state index in [4.69, 9.17) is 11.5 Å². The predicted molar refractivity (Wildman–Crippen MR) is 177 cm³/mol. The smallest absolute Gasteiger partial charge is 0.326 e. The monoisotopic (exact) mass is 683 g/mol. The molecule has 0 aromatic heterocycles. The number of aromatic hydroxyl groups is 1. The number of carboxylic acid groups (broad SMARTS) is 1. The Labute approximate surface area is 283 Å². The maximum atomic E-state index is 13.5. The van der Waals surface area contributed by atoms with Crippen molar-refractivity contribution in [3.8, 4) is 5.75 Å². The van der Waals surface area contributed by atoms with Gasteiger partial charge in [0.1, 0.15) is 23.9 Å². The number of carboxylic acids is 1. The Balaban J connectivity index is 2.03. The molecule has 0 aliphatic heterocycles. The van der Waals surface area contributed by atoms with Gasteiger partial charge >= 0.3 is 5.97 Å². The first-order valence-corrected chi connectivity index (χ1v) is 15.7. The summed E-state index contributed by atoms with van der Waals surface area (Å²) in [5.41, 5.74) is 12.4. The minimum atomic E-state index is -1.42. The molecule has 6 amide bonds. The molecular formula is C33H45N7O9. The third kappa shape index (κ3) is 14.4. The molecule has 0 spiro atoms. The van der Waals surface area contributed by atoms with Crippen molar-refractivity contribution in [3.05, 3.63) is 65.7 Å². The molecule has 0 aliphatic carbocycles. The molecule has 16 heteroatoms. The number of nitrogens with one attached hydrogen (secondary N) is 5. The third-order valence-electron chi connectivity index (χ3n) is 7.62. The lowest BCUT2D eigenvalue weighted by Crippen LogP contribution is -2.58. The molecular weight excluding hydrogens is 638 g/mol. The molecule has 0 saturated carbocycles. The van der Waals surface area contributed by atoms with E-state index in [1.54, 1.807) is 56.3 Å². The normalized spacial score (nSPS) is 13.8. The number of nitrogens with two attached hydrogens (primary N) is 2. The zero-order valence-corrected chi connectivity index (χ0v) is 27.4. The van der Waals surface area contributed by atoms with Gasteiger partial charge in [-0.3, -0.25) is 28.8 Å². The molecule has 0 fully saturated rings. The highest BCUT2D eigenvalue weighted by Crippen LogP contribution is 2.12. The predicted octanol–water partition coefficient (Wildman–Crippen LogP) is -1.41. The molecule has 11 N–H and O–H groups in total. The van der Waals surface area contributed by atoms with Crippen molar-refractivity contribution >= 4 is 41.4 Å². The van der Waals surface area contributed by atoms with Crippen LogP contribution in [0.5, 0.6) is 5.75 Å². The molecule has 2 rings (SSSR count). The Morgan fingerprint density at radius 2 is 1.35 bits per heavy atom. The summed E-state index contributed by atoms with van der Waals surface area (Å²) in [6.45, 7) is 2.45. The Morgan fingerprint density at radius 1 is 0.735 bits per heavy atom. The van der Waals surface area contributed by atoms with E-state index in [1.165, 1.54) is 12.1 Å². The van der Waals surface area contributed by atoms with Crippen molar-refractivity contribution in [1.82, 2.24) is 26.6 Å². The van der Waals surface area contributed by atoms with Crippen LogP contribution in [0, 0.1) is 5.92 Å². The zero-order valence-electron chi connectivity index (χ0n) is 27.4. The van der Waals surface area contributed by atoms with Crippen molar-refractivity contribution in [2.75, 3.05) is 13.1 Å². The van der Waals surface area contributed by atoms with Crippen LogP contribution in [0.15, 0.2) is 54.6 Å². The number of carbonyl (C=O) groups excluding carboxylic acids is 6. The van der Waals surface area contributed by atoms with Gasteiger partial charge in [0.05, 0.1) is 19.1 Å². The Morgan fingerprint density at radius 3 is 1.94 bits per heavy atom. The van der Waals surface area contributed by atoms with Gasteiger partial charge in [-0.25, -0.2) is 4.79 Å². The molecule has 49 heavy (non-hydrogen) atoms. The zero-order chi connectivity index (χ0) is 36.5. The van der Waals surface area contributed by atoms with Gasteiger partial charge in [0.15, 0.2) is 0 Å². The molecule has 2 aromatic carbocycles. The van der Waals surface area contributed by atoms with Crippen molar-refractivity contribution in [2.24, 2.45) is 17.4 Å². The van der Waals surface area contributed by atoms with Crippen LogP contribution >= 0.6 is 0 Å². The number of carbonyl (C=O) groups is 7. The maximum absolute atomic E-state index is 13.5. The van der Waals surface area contributed by atoms with E-state index in [1.807, 2.05) is 0 Å². The lowest BCUT2D eigenvalue weighted by Gasteiger charge is -2.28. The Kier molecular flexibility index (Phi) is 16.2. The highest BCUT2D eigenvalue weighted by atomic mass is 16.4. The van der Waals surface area contributed by atoms with E-state index in [-0.39, 0.29) is 31.4 Å². The van der Waals surface area contributed by atoms with Gasteiger partial charge in [-0.2, -0.15) is 0 Å². The van der Waals surface area contributed by atoms with Gasteiger partial charge in [0, 0.05) is 12.8 Å². The van der Waals surface area contributed by atoms with E-state index in [9.17, 15) is 43.8 Å². The second-order valence-corrected chi connectivity index (χ2v) is 11.6. The van der Waals surface area contributed by atoms with E-state index >= 15 is 0 Å². The average molecular weight is 684 g/mol. The number of benzene rings is 2. The number of hydrogen-bond acceptors (Lipinski definition) is 9. The molecule has 0 bridgehead atoms. The molecule has 5 atom stereocenters. The summed E-state index contributed by atoms with van der Waals surface area (Å²) in [6.07, 6.45) is 0.0897. The van der Waals surface area contributed by atoms with Gasteiger partial charge in [-0.15, -0.1) is 0 Å². The number of rotatable bonds is 20. The van der Waals surface area contributed by atoms with Crippen LogP contribution in [-0.2, 0) is 46.4 Å². The van der Waals surface area contributed by atoms with E-state index < -0.39 is 84.6 Å². The topological polar surface area (TPSA) is 272 Å². The van der Waals surface area contributed by atoms with E-state index in [0.29, 0.717) is 17.5 Å². The molecule has 0 saturated heterocycles. The van der Waals surface area contributed by atoms with Crippen LogP contribution in [0.2, 0.25) is 0 Å². The summed E-state index contributed by atoms with van der Waals surface area (Å²) in [7, 11) is 0. The van der Waals surface area contributed by atoms with Crippen LogP contribution in [0.25, 0.3) is 0 Å². The highest BCUT2D eigenvalue weighted by Gasteiger charge is 2.32. The number of phenols is 1. The maximum Gasteiger partial charge on any atom is 0.326 e. The standard InChI is InChI=1S/C33H45N7O9/c1-3-19(2)29(32(47)39-24(33(48)49)13-14-26(35)42)40-31(46)25(16-20-7-5-4-6-8-20)38-28(44)18-36-27(43)17-37-30(45)23(34)15-21-9-11-22(41)12-10-21/h4-12,19,23-25,29,41H,3,13-18,34H2,1-2H3,(H2,35,42)(H,36,43)(H,37,45)(H,38,44)(H,39,47)(H,40,46)(H,48,49)/t19-,23-,24-,25-,29-/m0/s1. The Hall–Kier alpha value is -5.51. The highest BCUT2D eigenvalue weighted by molar-refractivity contribution is 5.95. The molecule has 0 heterocycles. The van der Waals surface area contributed by atoms with Crippen molar-refractivity contribution in [3.63, 3.8) is 0 Å². The Bertz CT molecular complexity index is 1450. The lowest BCUT2D eigenvalue weighted by molar-refractivity contribution is -0.143. The minimum Gasteiger partial charge on any atom is -0.508 e. The SMILES string of the molecule is CC[C@H](C)[C@H](NC(=O)[C@H](Cc1ccccc1)NC(=O)CNC(=O)CNC(=O)[C@@H](N)Cc1ccc(O)cc1)C(=O)N[C@@H](CCC(N)=O)C(=O)O. The average Bonchev–Trinajstić information content (AvgIpc) is 3.07. The van der Waals surface area contributed by atoms with Crippen molar-refractivity contribution < 1.29 is 43.8 Å². The first-order chi connectivity index (χ1) is 23.2. The fraction of sp³-hybridized carbons (Fsp3) is 0.424. The molecule has 2 aromatic rings. The van der Waals surface area contributed by atoms with Gasteiger partial charge in [-0.05, 0) is 42.0 Å². The molecule has 0 aliphatic rings. The van der Waals surface area contributed by atoms with Crippen LogP contribution in [0.1, 0.15) is 44.2 Å². The summed E-state index contributed by atoms with van der Waals surface area (Å²) >= 11 is 0. The number of aliphatic carboxylic acids is 1. The molecule has 266 valence electrons. The second kappa shape index (κ2) is 20.0. The molecule has 0 radical (unpaired) electrons. The summed E-state index contributed by atoms with van der Waals surface area (Å²) in [4.78, 5) is 87.2. The van der Waals surface area contributed by atoms with Gasteiger partial charge < -0.3 is 48.3 Å². The lowest BCUT2D eigenvalue weighted by atomic mass is 9.96. The van der Waals surface area contributed by atoms with Crippen LogP contribution in [0.3, 0.4) is 0 Å². The fourth-order valence-electron chi connectivity index (χ4n) is 4.58. The number of hydrogen-bond donors (Lipinski definition) is 9. The molecule has 16 nitrogen and oxygen atoms in total. The van der Waals surface area contributed by atoms with Crippen LogP contribution in [0.4, 0.5) is 0 Å². The van der Waals surface area contributed by atoms with Gasteiger partial charge in [0.2, 0.25) is 35.4 Å². The largest absolute Gasteiger partial charge is 0.508 e. The number of phenolic OH excluding ortho intramolecular Hbond substituents is 1. The van der Waals surface area contributed by atoms with Gasteiger partial charge in [-0.1, -0.05) is 62.7 Å². The summed E-state index contributed by atoms with van der Waals surface area (Å²) in [6, 6.07) is 10.1. The quantitative estimate of drug-likeness (QED) is 0.0786. The van der Waals surface area contributed by atoms with E-state index in [0.717, 1.165) is 0 Å².